The lowest BCUT2D eigenvalue weighted by Crippen LogP contribution is -2.50. The molecule has 1 amide bonds. The lowest BCUT2D eigenvalue weighted by molar-refractivity contribution is -0.123. The molecule has 6 heteroatoms. The van der Waals surface area contributed by atoms with E-state index in [0.29, 0.717) is 6.54 Å². The SMILES string of the molecule is [3H]COc1ccccc1N1CCN(CCN(C(=O)C2CCCCC2)c2ccccn2)CC1. The molecule has 1 saturated heterocycles. The molecule has 2 heterocycles. The summed E-state index contributed by atoms with van der Waals surface area (Å²) in [6, 6.07) is 13.7. The van der Waals surface area contributed by atoms with E-state index in [1.807, 2.05) is 41.3 Å². The summed E-state index contributed by atoms with van der Waals surface area (Å²) in [7, 11) is -0.0741. The number of piperazine rings is 1. The van der Waals surface area contributed by atoms with Crippen LogP contribution in [-0.4, -0.2) is 62.1 Å². The Bertz CT molecular complexity index is 852. The number of amides is 1. The van der Waals surface area contributed by atoms with Gasteiger partial charge in [0, 0.05) is 51.4 Å². The standard InChI is InChI=1S/C25H34N4O2/c1-31-23-12-6-5-11-22(23)28-18-15-27(16-19-28)17-20-29(24-13-7-8-14-26-24)25(30)21-9-3-2-4-10-21/h5-8,11-14,21H,2-4,9-10,15-20H2,1H3/i1T. The fraction of sp³-hybridized carbons (Fsp3) is 0.520. The zero-order valence-electron chi connectivity index (χ0n) is 19.3. The van der Waals surface area contributed by atoms with Crippen molar-refractivity contribution in [3.63, 3.8) is 0 Å². The second kappa shape index (κ2) is 10.6. The molecule has 0 unspecified atom stereocenters. The van der Waals surface area contributed by atoms with Crippen molar-refractivity contribution in [1.82, 2.24) is 9.88 Å². The number of anilines is 2. The van der Waals surface area contributed by atoms with Gasteiger partial charge < -0.3 is 9.64 Å². The van der Waals surface area contributed by atoms with E-state index in [4.69, 9.17) is 6.11 Å². The summed E-state index contributed by atoms with van der Waals surface area (Å²) in [5.41, 5.74) is 1.06. The van der Waals surface area contributed by atoms with Gasteiger partial charge >= 0.3 is 0 Å². The molecule has 2 fully saturated rings. The van der Waals surface area contributed by atoms with Gasteiger partial charge in [0.2, 0.25) is 5.91 Å². The summed E-state index contributed by atoms with van der Waals surface area (Å²) in [6.07, 6.45) is 7.32. The van der Waals surface area contributed by atoms with E-state index < -0.39 is 0 Å². The number of benzene rings is 1. The zero-order chi connectivity index (χ0) is 22.2. The summed E-state index contributed by atoms with van der Waals surface area (Å²) >= 11 is 0. The normalized spacial score (nSPS) is 18.5. The number of ether oxygens (including phenoxy) is 1. The topological polar surface area (TPSA) is 48.9 Å². The minimum Gasteiger partial charge on any atom is -0.495 e. The first-order chi connectivity index (χ1) is 15.8. The van der Waals surface area contributed by atoms with Crippen molar-refractivity contribution in [2.45, 2.75) is 32.1 Å². The Morgan fingerprint density at radius 3 is 2.61 bits per heavy atom. The highest BCUT2D eigenvalue weighted by Gasteiger charge is 2.28. The van der Waals surface area contributed by atoms with Gasteiger partial charge in [-0.3, -0.25) is 14.6 Å². The van der Waals surface area contributed by atoms with Gasteiger partial charge in [0.05, 0.1) is 14.1 Å². The van der Waals surface area contributed by atoms with Crippen molar-refractivity contribution in [3.05, 3.63) is 48.7 Å². The molecule has 166 valence electrons. The molecule has 1 saturated carbocycles. The fourth-order valence-corrected chi connectivity index (χ4v) is 4.72. The Hall–Kier alpha value is -2.60. The van der Waals surface area contributed by atoms with Crippen LogP contribution in [-0.2, 0) is 4.79 Å². The lowest BCUT2D eigenvalue weighted by Gasteiger charge is -2.37. The fourth-order valence-electron chi connectivity index (χ4n) is 4.72. The highest BCUT2D eigenvalue weighted by molar-refractivity contribution is 5.94. The highest BCUT2D eigenvalue weighted by atomic mass is 16.5. The summed E-state index contributed by atoms with van der Waals surface area (Å²) in [5, 5.41) is 0. The van der Waals surface area contributed by atoms with E-state index in [2.05, 4.69) is 20.9 Å². The first-order valence-corrected chi connectivity index (χ1v) is 11.5. The highest BCUT2D eigenvalue weighted by Crippen LogP contribution is 2.29. The van der Waals surface area contributed by atoms with E-state index >= 15 is 0 Å². The number of para-hydroxylation sites is 2. The van der Waals surface area contributed by atoms with Crippen molar-refractivity contribution in [2.75, 3.05) is 56.2 Å². The van der Waals surface area contributed by atoms with Crippen LogP contribution in [0, 0.1) is 5.92 Å². The molecule has 1 aliphatic carbocycles. The van der Waals surface area contributed by atoms with Crippen LogP contribution in [0.15, 0.2) is 48.7 Å². The Morgan fingerprint density at radius 1 is 1.10 bits per heavy atom. The molecule has 0 atom stereocenters. The zero-order valence-corrected chi connectivity index (χ0v) is 18.3. The van der Waals surface area contributed by atoms with Crippen molar-refractivity contribution < 1.29 is 10.9 Å². The van der Waals surface area contributed by atoms with Crippen LogP contribution >= 0.6 is 0 Å². The van der Waals surface area contributed by atoms with Crippen molar-refractivity contribution in [3.8, 4) is 5.75 Å². The van der Waals surface area contributed by atoms with Crippen LogP contribution in [0.5, 0.6) is 5.75 Å². The van der Waals surface area contributed by atoms with E-state index in [1.54, 1.807) is 6.20 Å². The first-order valence-electron chi connectivity index (χ1n) is 12.2. The molecular weight excluding hydrogens is 388 g/mol. The van der Waals surface area contributed by atoms with Crippen molar-refractivity contribution >= 4 is 17.4 Å². The van der Waals surface area contributed by atoms with Gasteiger partial charge in [-0.25, -0.2) is 4.98 Å². The third-order valence-electron chi connectivity index (χ3n) is 6.52. The summed E-state index contributed by atoms with van der Waals surface area (Å²) < 4.78 is 12.9. The van der Waals surface area contributed by atoms with Gasteiger partial charge in [0.15, 0.2) is 0 Å². The number of rotatable bonds is 7. The van der Waals surface area contributed by atoms with Crippen LogP contribution in [0.25, 0.3) is 0 Å². The minimum absolute atomic E-state index is 0.0741. The Balaban J connectivity index is 1.35. The van der Waals surface area contributed by atoms with E-state index in [-0.39, 0.29) is 18.9 Å². The maximum atomic E-state index is 13.3. The van der Waals surface area contributed by atoms with Gasteiger partial charge in [-0.1, -0.05) is 37.5 Å². The van der Waals surface area contributed by atoms with Gasteiger partial charge in [0.25, 0.3) is 0 Å². The smallest absolute Gasteiger partial charge is 0.231 e. The number of carbonyl (C=O) groups is 1. The second-order valence-electron chi connectivity index (χ2n) is 8.45. The van der Waals surface area contributed by atoms with Crippen molar-refractivity contribution in [1.29, 1.82) is 0 Å². The molecule has 2 aromatic rings. The van der Waals surface area contributed by atoms with Gasteiger partial charge in [-0.05, 0) is 37.1 Å². The van der Waals surface area contributed by atoms with Crippen LogP contribution < -0.4 is 14.5 Å². The van der Waals surface area contributed by atoms with E-state index in [9.17, 15) is 4.79 Å². The van der Waals surface area contributed by atoms with E-state index in [0.717, 1.165) is 75.7 Å². The number of hydrogen-bond acceptors (Lipinski definition) is 5. The first kappa shape index (κ1) is 20.3. The third kappa shape index (κ3) is 5.37. The predicted octanol–water partition coefficient (Wildman–Crippen LogP) is 3.83. The van der Waals surface area contributed by atoms with Gasteiger partial charge in [-0.15, -0.1) is 0 Å². The molecule has 4 rings (SSSR count). The van der Waals surface area contributed by atoms with Crippen molar-refractivity contribution in [2.24, 2.45) is 5.92 Å². The summed E-state index contributed by atoms with van der Waals surface area (Å²) in [6.45, 7) is 5.18. The number of methoxy groups -OCH3 is 1. The van der Waals surface area contributed by atoms with Crippen LogP contribution in [0.2, 0.25) is 0 Å². The monoisotopic (exact) mass is 424 g/mol. The molecule has 31 heavy (non-hydrogen) atoms. The number of nitrogens with zero attached hydrogens (tertiary/aromatic N) is 4. The Kier molecular flexibility index (Phi) is 6.96. The molecule has 0 bridgehead atoms. The quantitative estimate of drug-likeness (QED) is 0.676. The average Bonchev–Trinajstić information content (AvgIpc) is 2.86. The largest absolute Gasteiger partial charge is 0.495 e. The number of pyridine rings is 1. The second-order valence-corrected chi connectivity index (χ2v) is 8.45. The van der Waals surface area contributed by atoms with Crippen LogP contribution in [0.4, 0.5) is 11.5 Å². The molecule has 1 aromatic heterocycles. The number of carbonyl (C=O) groups excluding carboxylic acids is 1. The van der Waals surface area contributed by atoms with Crippen LogP contribution in [0.3, 0.4) is 0 Å². The number of hydrogen-bond donors (Lipinski definition) is 0. The van der Waals surface area contributed by atoms with Crippen LogP contribution in [0.1, 0.15) is 33.5 Å². The van der Waals surface area contributed by atoms with Gasteiger partial charge in [-0.2, -0.15) is 0 Å². The maximum Gasteiger partial charge on any atom is 0.231 e. The van der Waals surface area contributed by atoms with Gasteiger partial charge in [0.1, 0.15) is 11.6 Å². The Morgan fingerprint density at radius 2 is 1.87 bits per heavy atom. The maximum absolute atomic E-state index is 13.3. The molecule has 0 spiro atoms. The predicted molar refractivity (Wildman–Crippen MR) is 125 cm³/mol. The molecule has 1 aliphatic heterocycles. The molecule has 2 aliphatic rings. The molecule has 1 aromatic carbocycles. The Labute approximate surface area is 187 Å². The average molecular weight is 425 g/mol. The number of aromatic nitrogens is 1. The van der Waals surface area contributed by atoms with E-state index in [1.165, 1.54) is 6.42 Å². The lowest BCUT2D eigenvalue weighted by atomic mass is 9.88. The molecule has 0 radical (unpaired) electrons. The minimum atomic E-state index is -0.0741. The summed E-state index contributed by atoms with van der Waals surface area (Å²) in [5.74, 6) is 1.91. The molecule has 0 N–H and O–H groups in total. The third-order valence-corrected chi connectivity index (χ3v) is 6.52. The molecule has 6 nitrogen and oxygen atoms in total. The molecular formula is C25H34N4O2. The summed E-state index contributed by atoms with van der Waals surface area (Å²) in [4.78, 5) is 24.5.